The third-order valence-corrected chi connectivity index (χ3v) is 5.41. The molecule has 1 aliphatic heterocycles. The molecule has 4 rings (SSSR count). The molecule has 1 aromatic heterocycles. The number of amides is 1. The number of likely N-dealkylation sites (tertiary alicyclic amines) is 1. The zero-order valence-corrected chi connectivity index (χ0v) is 16.1. The largest absolute Gasteiger partial charge is 0.497 e. The van der Waals surface area contributed by atoms with Gasteiger partial charge in [-0.05, 0) is 47.0 Å². The summed E-state index contributed by atoms with van der Waals surface area (Å²) in [6, 6.07) is 17.9. The van der Waals surface area contributed by atoms with Gasteiger partial charge >= 0.3 is 0 Å². The summed E-state index contributed by atoms with van der Waals surface area (Å²) in [5.74, 6) is 1.63. The van der Waals surface area contributed by atoms with Crippen LogP contribution in [0.1, 0.15) is 36.7 Å². The van der Waals surface area contributed by atoms with Crippen LogP contribution in [-0.4, -0.2) is 38.1 Å². The molecule has 3 aromatic rings. The van der Waals surface area contributed by atoms with Crippen molar-refractivity contribution in [2.24, 2.45) is 0 Å². The number of ether oxygens (including phenoxy) is 1. The van der Waals surface area contributed by atoms with Gasteiger partial charge in [-0.15, -0.1) is 5.10 Å². The highest BCUT2D eigenvalue weighted by atomic mass is 16.5. The van der Waals surface area contributed by atoms with Gasteiger partial charge in [0.15, 0.2) is 5.82 Å². The van der Waals surface area contributed by atoms with Gasteiger partial charge in [-0.25, -0.2) is 4.68 Å². The third kappa shape index (κ3) is 3.35. The van der Waals surface area contributed by atoms with Gasteiger partial charge < -0.3 is 9.64 Å². The predicted molar refractivity (Wildman–Crippen MR) is 103 cm³/mol. The lowest BCUT2D eigenvalue weighted by Crippen LogP contribution is -2.42. The van der Waals surface area contributed by atoms with Crippen LogP contribution < -0.4 is 4.74 Å². The molecule has 0 N–H and O–H groups in total. The molecule has 1 aliphatic rings. The van der Waals surface area contributed by atoms with Gasteiger partial charge in [0, 0.05) is 13.0 Å². The standard InChI is InChI=1S/C21H23N5O2/c1-21(20-22-23-24-26(20)15-16-6-4-3-5-7-16)13-12-19(27)25(21)14-17-8-10-18(28-2)11-9-17/h3-11H,12-15H2,1-2H3. The van der Waals surface area contributed by atoms with Crippen LogP contribution >= 0.6 is 0 Å². The van der Waals surface area contributed by atoms with E-state index in [9.17, 15) is 4.79 Å². The first-order valence-electron chi connectivity index (χ1n) is 9.34. The second-order valence-corrected chi connectivity index (χ2v) is 7.25. The van der Waals surface area contributed by atoms with E-state index in [1.165, 1.54) is 0 Å². The fourth-order valence-electron chi connectivity index (χ4n) is 3.76. The molecule has 1 fully saturated rings. The Labute approximate surface area is 163 Å². The molecule has 1 unspecified atom stereocenters. The van der Waals surface area contributed by atoms with Gasteiger partial charge in [0.2, 0.25) is 5.91 Å². The fourth-order valence-corrected chi connectivity index (χ4v) is 3.76. The number of hydrogen-bond acceptors (Lipinski definition) is 5. The zero-order chi connectivity index (χ0) is 19.6. The Morgan fingerprint density at radius 3 is 2.46 bits per heavy atom. The van der Waals surface area contributed by atoms with Crippen molar-refractivity contribution in [3.8, 4) is 5.75 Å². The summed E-state index contributed by atoms with van der Waals surface area (Å²) in [5.41, 5.74) is 1.62. The maximum atomic E-state index is 12.7. The summed E-state index contributed by atoms with van der Waals surface area (Å²) in [4.78, 5) is 14.6. The van der Waals surface area contributed by atoms with Crippen LogP contribution in [0.15, 0.2) is 54.6 Å². The third-order valence-electron chi connectivity index (χ3n) is 5.41. The highest BCUT2D eigenvalue weighted by Gasteiger charge is 2.46. The molecule has 28 heavy (non-hydrogen) atoms. The Bertz CT molecular complexity index is 954. The number of methoxy groups -OCH3 is 1. The summed E-state index contributed by atoms with van der Waals surface area (Å²) < 4.78 is 7.02. The molecule has 0 saturated carbocycles. The van der Waals surface area contributed by atoms with E-state index in [4.69, 9.17) is 4.74 Å². The van der Waals surface area contributed by atoms with E-state index in [0.717, 1.165) is 22.7 Å². The quantitative estimate of drug-likeness (QED) is 0.660. The van der Waals surface area contributed by atoms with Gasteiger partial charge in [0.25, 0.3) is 0 Å². The van der Waals surface area contributed by atoms with E-state index in [0.29, 0.717) is 25.9 Å². The SMILES string of the molecule is COc1ccc(CN2C(=O)CCC2(C)c2nnnn2Cc2ccccc2)cc1. The lowest BCUT2D eigenvalue weighted by molar-refractivity contribution is -0.132. The van der Waals surface area contributed by atoms with E-state index in [1.54, 1.807) is 11.8 Å². The van der Waals surface area contributed by atoms with E-state index >= 15 is 0 Å². The lowest BCUT2D eigenvalue weighted by Gasteiger charge is -2.34. The molecule has 0 aliphatic carbocycles. The van der Waals surface area contributed by atoms with E-state index < -0.39 is 5.54 Å². The maximum Gasteiger partial charge on any atom is 0.223 e. The van der Waals surface area contributed by atoms with Crippen LogP contribution in [-0.2, 0) is 23.4 Å². The van der Waals surface area contributed by atoms with Crippen LogP contribution in [0.25, 0.3) is 0 Å². The van der Waals surface area contributed by atoms with Gasteiger partial charge in [0.05, 0.1) is 13.7 Å². The van der Waals surface area contributed by atoms with Crippen molar-refractivity contribution in [1.29, 1.82) is 0 Å². The lowest BCUT2D eigenvalue weighted by atomic mass is 9.97. The molecule has 1 amide bonds. The Kier molecular flexibility index (Phi) is 4.81. The van der Waals surface area contributed by atoms with Gasteiger partial charge in [-0.3, -0.25) is 4.79 Å². The molecule has 2 aromatic carbocycles. The summed E-state index contributed by atoms with van der Waals surface area (Å²) in [6.07, 6.45) is 1.18. The molecule has 144 valence electrons. The van der Waals surface area contributed by atoms with Crippen molar-refractivity contribution in [3.05, 3.63) is 71.5 Å². The smallest absolute Gasteiger partial charge is 0.223 e. The van der Waals surface area contributed by atoms with Crippen LogP contribution in [0.4, 0.5) is 0 Å². The Hall–Kier alpha value is -3.22. The van der Waals surface area contributed by atoms with Crippen LogP contribution in [0.3, 0.4) is 0 Å². The summed E-state index contributed by atoms with van der Waals surface area (Å²) in [6.45, 7) is 3.13. The minimum atomic E-state index is -0.546. The van der Waals surface area contributed by atoms with E-state index in [1.807, 2.05) is 59.5 Å². The van der Waals surface area contributed by atoms with Crippen LogP contribution in [0.5, 0.6) is 5.75 Å². The molecule has 1 atom stereocenters. The summed E-state index contributed by atoms with van der Waals surface area (Å²) >= 11 is 0. The predicted octanol–water partition coefficient (Wildman–Crippen LogP) is 2.77. The first kappa shape index (κ1) is 18.2. The number of rotatable bonds is 6. The number of carbonyl (C=O) groups excluding carboxylic acids is 1. The molecule has 1 saturated heterocycles. The number of tetrazole rings is 1. The van der Waals surface area contributed by atoms with Crippen molar-refractivity contribution in [3.63, 3.8) is 0 Å². The van der Waals surface area contributed by atoms with Crippen molar-refractivity contribution in [1.82, 2.24) is 25.1 Å². The number of benzene rings is 2. The molecule has 0 bridgehead atoms. The van der Waals surface area contributed by atoms with Crippen molar-refractivity contribution in [2.45, 2.75) is 38.4 Å². The molecule has 2 heterocycles. The summed E-state index contributed by atoms with van der Waals surface area (Å²) in [7, 11) is 1.64. The van der Waals surface area contributed by atoms with Crippen molar-refractivity contribution < 1.29 is 9.53 Å². The molecule has 0 radical (unpaired) electrons. The second kappa shape index (κ2) is 7.42. The van der Waals surface area contributed by atoms with Gasteiger partial charge in [-0.2, -0.15) is 0 Å². The molecular weight excluding hydrogens is 354 g/mol. The summed E-state index contributed by atoms with van der Waals surface area (Å²) in [5, 5.41) is 12.4. The number of carbonyl (C=O) groups is 1. The van der Waals surface area contributed by atoms with Crippen molar-refractivity contribution >= 4 is 5.91 Å². The molecule has 7 heteroatoms. The van der Waals surface area contributed by atoms with E-state index in [-0.39, 0.29) is 5.91 Å². The highest BCUT2D eigenvalue weighted by Crippen LogP contribution is 2.39. The number of nitrogens with zero attached hydrogens (tertiary/aromatic N) is 5. The number of aromatic nitrogens is 4. The normalized spacial score (nSPS) is 19.2. The van der Waals surface area contributed by atoms with Crippen LogP contribution in [0, 0.1) is 0 Å². The minimum absolute atomic E-state index is 0.118. The Morgan fingerprint density at radius 1 is 1.04 bits per heavy atom. The fraction of sp³-hybridized carbons (Fsp3) is 0.333. The Morgan fingerprint density at radius 2 is 1.75 bits per heavy atom. The second-order valence-electron chi connectivity index (χ2n) is 7.25. The van der Waals surface area contributed by atoms with Gasteiger partial charge in [-0.1, -0.05) is 42.5 Å². The molecule has 7 nitrogen and oxygen atoms in total. The van der Waals surface area contributed by atoms with Crippen molar-refractivity contribution in [2.75, 3.05) is 7.11 Å². The average Bonchev–Trinajstić information content (AvgIpc) is 3.30. The van der Waals surface area contributed by atoms with Crippen LogP contribution in [0.2, 0.25) is 0 Å². The molecular formula is C21H23N5O2. The highest BCUT2D eigenvalue weighted by molar-refractivity contribution is 5.79. The maximum absolute atomic E-state index is 12.7. The number of hydrogen-bond donors (Lipinski definition) is 0. The minimum Gasteiger partial charge on any atom is -0.497 e. The van der Waals surface area contributed by atoms with Gasteiger partial charge in [0.1, 0.15) is 11.3 Å². The average molecular weight is 377 g/mol. The van der Waals surface area contributed by atoms with E-state index in [2.05, 4.69) is 22.4 Å². The topological polar surface area (TPSA) is 73.1 Å². The zero-order valence-electron chi connectivity index (χ0n) is 16.1. The first-order valence-corrected chi connectivity index (χ1v) is 9.34. The monoisotopic (exact) mass is 377 g/mol. The molecule has 0 spiro atoms. The first-order chi connectivity index (χ1) is 13.6. The Balaban J connectivity index is 1.62.